The van der Waals surface area contributed by atoms with Crippen molar-refractivity contribution in [3.8, 4) is 0 Å². The highest BCUT2D eigenvalue weighted by Crippen LogP contribution is 2.21. The molecule has 3 heterocycles. The van der Waals surface area contributed by atoms with Gasteiger partial charge in [-0.1, -0.05) is 13.0 Å². The van der Waals surface area contributed by atoms with Crippen molar-refractivity contribution in [3.05, 3.63) is 23.9 Å². The summed E-state index contributed by atoms with van der Waals surface area (Å²) in [5.74, 6) is 3.48. The summed E-state index contributed by atoms with van der Waals surface area (Å²) in [4.78, 5) is 14.3. The maximum Gasteiger partial charge on any atom is 0.194 e. The number of methoxy groups -OCH3 is 1. The number of hydrogen-bond donors (Lipinski definition) is 1. The lowest BCUT2D eigenvalue weighted by Gasteiger charge is -2.31. The molecule has 0 bridgehead atoms. The monoisotopic (exact) mass is 545 g/mol. The first-order valence-corrected chi connectivity index (χ1v) is 11.5. The molecule has 2 aliphatic heterocycles. The standard InChI is InChI=1S/C23H39N5O2.HI/c1-4-24-23(28-12-9-21(17-28)18-30-14-13-29-3)26-16-20-5-6-22(25-15-20)27-10-7-19(2)8-11-27;/h5-6,15,19,21H,4,7-14,16-18H2,1-3H3,(H,24,26);1H. The maximum absolute atomic E-state index is 5.72. The topological polar surface area (TPSA) is 62.2 Å². The summed E-state index contributed by atoms with van der Waals surface area (Å²) in [6, 6.07) is 4.32. The van der Waals surface area contributed by atoms with Crippen LogP contribution >= 0.6 is 24.0 Å². The summed E-state index contributed by atoms with van der Waals surface area (Å²) in [5.41, 5.74) is 1.15. The van der Waals surface area contributed by atoms with E-state index in [9.17, 15) is 0 Å². The van der Waals surface area contributed by atoms with Gasteiger partial charge in [-0.05, 0) is 43.7 Å². The van der Waals surface area contributed by atoms with E-state index in [1.165, 1.54) is 12.8 Å². The van der Waals surface area contributed by atoms with Crippen molar-refractivity contribution < 1.29 is 9.47 Å². The molecule has 8 heteroatoms. The highest BCUT2D eigenvalue weighted by Gasteiger charge is 2.25. The smallest absolute Gasteiger partial charge is 0.194 e. The number of nitrogens with one attached hydrogen (secondary N) is 1. The number of guanidine groups is 1. The largest absolute Gasteiger partial charge is 0.382 e. The molecule has 1 atom stereocenters. The first-order chi connectivity index (χ1) is 14.7. The number of ether oxygens (including phenoxy) is 2. The van der Waals surface area contributed by atoms with Crippen LogP contribution in [0.5, 0.6) is 0 Å². The van der Waals surface area contributed by atoms with Crippen LogP contribution in [0.4, 0.5) is 5.82 Å². The Hall–Kier alpha value is -1.13. The molecule has 2 saturated heterocycles. The molecule has 1 aromatic heterocycles. The van der Waals surface area contributed by atoms with Gasteiger partial charge in [-0.3, -0.25) is 0 Å². The van der Waals surface area contributed by atoms with Crippen molar-refractivity contribution in [2.45, 2.75) is 39.7 Å². The fraction of sp³-hybridized carbons (Fsp3) is 0.739. The first-order valence-electron chi connectivity index (χ1n) is 11.5. The Bertz CT molecular complexity index is 650. The number of pyridine rings is 1. The fourth-order valence-corrected chi connectivity index (χ4v) is 4.08. The number of nitrogens with zero attached hydrogens (tertiary/aromatic N) is 4. The average Bonchev–Trinajstić information content (AvgIpc) is 3.24. The fourth-order valence-electron chi connectivity index (χ4n) is 4.08. The van der Waals surface area contributed by atoms with Crippen LogP contribution in [0.3, 0.4) is 0 Å². The lowest BCUT2D eigenvalue weighted by atomic mass is 9.99. The molecule has 2 fully saturated rings. The van der Waals surface area contributed by atoms with Crippen molar-refractivity contribution in [1.82, 2.24) is 15.2 Å². The van der Waals surface area contributed by atoms with Crippen LogP contribution in [-0.4, -0.2) is 75.5 Å². The Kier molecular flexibility index (Phi) is 11.9. The molecule has 1 N–H and O–H groups in total. The zero-order valence-electron chi connectivity index (χ0n) is 19.4. The van der Waals surface area contributed by atoms with Gasteiger partial charge in [0.2, 0.25) is 0 Å². The zero-order valence-corrected chi connectivity index (χ0v) is 21.7. The minimum absolute atomic E-state index is 0. The molecular formula is C23H40IN5O2. The van der Waals surface area contributed by atoms with Crippen LogP contribution in [0.1, 0.15) is 38.7 Å². The van der Waals surface area contributed by atoms with Gasteiger partial charge in [0.15, 0.2) is 5.96 Å². The molecule has 0 amide bonds. The lowest BCUT2D eigenvalue weighted by Crippen LogP contribution is -2.40. The van der Waals surface area contributed by atoms with E-state index < -0.39 is 0 Å². The molecule has 0 saturated carbocycles. The summed E-state index contributed by atoms with van der Waals surface area (Å²) in [6.07, 6.45) is 5.64. The molecule has 7 nitrogen and oxygen atoms in total. The second-order valence-electron chi connectivity index (χ2n) is 8.53. The van der Waals surface area contributed by atoms with E-state index >= 15 is 0 Å². The van der Waals surface area contributed by atoms with Crippen LogP contribution < -0.4 is 10.2 Å². The number of likely N-dealkylation sites (tertiary alicyclic amines) is 1. The van der Waals surface area contributed by atoms with Crippen molar-refractivity contribution in [2.24, 2.45) is 16.8 Å². The summed E-state index contributed by atoms with van der Waals surface area (Å²) in [7, 11) is 1.71. The average molecular weight is 546 g/mol. The molecular weight excluding hydrogens is 505 g/mol. The van der Waals surface area contributed by atoms with Gasteiger partial charge in [-0.25, -0.2) is 9.98 Å². The van der Waals surface area contributed by atoms with Gasteiger partial charge in [0.05, 0.1) is 26.4 Å². The SMILES string of the molecule is CCNC(=NCc1ccc(N2CCC(C)CC2)nc1)N1CCC(COCCOC)C1.I. The molecule has 0 spiro atoms. The van der Waals surface area contributed by atoms with E-state index in [2.05, 4.69) is 41.1 Å². The normalized spacial score (nSPS) is 20.1. The van der Waals surface area contributed by atoms with Gasteiger partial charge in [0.25, 0.3) is 0 Å². The molecule has 0 aliphatic carbocycles. The minimum Gasteiger partial charge on any atom is -0.382 e. The maximum atomic E-state index is 5.72. The number of rotatable bonds is 9. The van der Waals surface area contributed by atoms with E-state index in [0.717, 1.165) is 69.0 Å². The van der Waals surface area contributed by atoms with Crippen molar-refractivity contribution in [3.63, 3.8) is 0 Å². The molecule has 1 unspecified atom stereocenters. The van der Waals surface area contributed by atoms with Crippen molar-refractivity contribution in [1.29, 1.82) is 0 Å². The summed E-state index contributed by atoms with van der Waals surface area (Å²) < 4.78 is 10.8. The first kappa shape index (κ1) is 26.1. The van der Waals surface area contributed by atoms with Crippen molar-refractivity contribution in [2.75, 3.05) is 64.6 Å². The number of anilines is 1. The predicted molar refractivity (Wildman–Crippen MR) is 137 cm³/mol. The summed E-state index contributed by atoms with van der Waals surface area (Å²) in [5, 5.41) is 3.45. The van der Waals surface area contributed by atoms with E-state index in [1.54, 1.807) is 7.11 Å². The van der Waals surface area contributed by atoms with E-state index in [4.69, 9.17) is 19.5 Å². The van der Waals surface area contributed by atoms with Gasteiger partial charge in [-0.2, -0.15) is 0 Å². The van der Waals surface area contributed by atoms with Gasteiger partial charge in [-0.15, -0.1) is 24.0 Å². The van der Waals surface area contributed by atoms with Gasteiger partial charge in [0, 0.05) is 51.9 Å². The highest BCUT2D eigenvalue weighted by molar-refractivity contribution is 14.0. The van der Waals surface area contributed by atoms with E-state index in [-0.39, 0.29) is 24.0 Å². The molecule has 176 valence electrons. The third kappa shape index (κ3) is 8.38. The Morgan fingerprint density at radius 3 is 2.68 bits per heavy atom. The molecule has 31 heavy (non-hydrogen) atoms. The van der Waals surface area contributed by atoms with Gasteiger partial charge in [0.1, 0.15) is 5.82 Å². The quantitative estimate of drug-likeness (QED) is 0.222. The number of halogens is 1. The summed E-state index contributed by atoms with van der Waals surface area (Å²) in [6.45, 7) is 12.3. The van der Waals surface area contributed by atoms with Crippen molar-refractivity contribution >= 4 is 35.8 Å². The number of aliphatic imine (C=N–C) groups is 1. The Morgan fingerprint density at radius 2 is 2.00 bits per heavy atom. The zero-order chi connectivity index (χ0) is 21.2. The molecule has 3 rings (SSSR count). The van der Waals surface area contributed by atoms with E-state index in [1.807, 2.05) is 6.20 Å². The van der Waals surface area contributed by atoms with Crippen LogP contribution in [0.25, 0.3) is 0 Å². The third-order valence-electron chi connectivity index (χ3n) is 6.03. The number of hydrogen-bond acceptors (Lipinski definition) is 5. The van der Waals surface area contributed by atoms with Gasteiger partial charge >= 0.3 is 0 Å². The molecule has 0 radical (unpaired) electrons. The molecule has 0 aromatic carbocycles. The highest BCUT2D eigenvalue weighted by atomic mass is 127. The third-order valence-corrected chi connectivity index (χ3v) is 6.03. The molecule has 2 aliphatic rings. The Labute approximate surface area is 205 Å². The second kappa shape index (κ2) is 14.1. The predicted octanol–water partition coefficient (Wildman–Crippen LogP) is 3.39. The van der Waals surface area contributed by atoms with Crippen LogP contribution in [0.15, 0.2) is 23.3 Å². The lowest BCUT2D eigenvalue weighted by molar-refractivity contribution is 0.0536. The van der Waals surface area contributed by atoms with Gasteiger partial charge < -0.3 is 24.6 Å². The Morgan fingerprint density at radius 1 is 1.19 bits per heavy atom. The minimum atomic E-state index is 0. The Balaban J connectivity index is 0.00000341. The number of aromatic nitrogens is 1. The summed E-state index contributed by atoms with van der Waals surface area (Å²) >= 11 is 0. The number of piperidine rings is 1. The van der Waals surface area contributed by atoms with Crippen LogP contribution in [-0.2, 0) is 16.0 Å². The van der Waals surface area contributed by atoms with Crippen LogP contribution in [0, 0.1) is 11.8 Å². The van der Waals surface area contributed by atoms with E-state index in [0.29, 0.717) is 25.7 Å². The van der Waals surface area contributed by atoms with Crippen LogP contribution in [0.2, 0.25) is 0 Å². The molecule has 1 aromatic rings. The second-order valence-corrected chi connectivity index (χ2v) is 8.53.